The van der Waals surface area contributed by atoms with Crippen LogP contribution in [0.4, 0.5) is 4.39 Å². The first-order valence-corrected chi connectivity index (χ1v) is 8.05. The summed E-state index contributed by atoms with van der Waals surface area (Å²) in [4.78, 5) is 0. The molecule has 1 fully saturated rings. The Morgan fingerprint density at radius 3 is 2.29 bits per heavy atom. The van der Waals surface area contributed by atoms with Crippen molar-refractivity contribution in [2.75, 3.05) is 26.8 Å². The van der Waals surface area contributed by atoms with Crippen LogP contribution in [0.5, 0.6) is 0 Å². The van der Waals surface area contributed by atoms with E-state index in [9.17, 15) is 4.39 Å². The lowest BCUT2D eigenvalue weighted by atomic mass is 9.48. The van der Waals surface area contributed by atoms with E-state index in [1.54, 1.807) is 19.2 Å². The lowest BCUT2D eigenvalue weighted by molar-refractivity contribution is 0.0121. The molecule has 0 radical (unpaired) electrons. The van der Waals surface area contributed by atoms with Crippen LogP contribution < -0.4 is 5.32 Å². The fourth-order valence-electron chi connectivity index (χ4n) is 3.87. The molecule has 0 saturated heterocycles. The number of hydrogen-bond donors (Lipinski definition) is 1. The van der Waals surface area contributed by atoms with Gasteiger partial charge in [0.1, 0.15) is 5.82 Å². The molecule has 1 N–H and O–H groups in total. The van der Waals surface area contributed by atoms with Gasteiger partial charge >= 0.3 is 0 Å². The van der Waals surface area contributed by atoms with Crippen molar-refractivity contribution >= 4 is 0 Å². The van der Waals surface area contributed by atoms with E-state index in [1.807, 2.05) is 12.1 Å². The second kappa shape index (κ2) is 6.89. The molecule has 21 heavy (non-hydrogen) atoms. The number of methoxy groups -OCH3 is 1. The first kappa shape index (κ1) is 16.4. The van der Waals surface area contributed by atoms with Crippen LogP contribution in [0.25, 0.3) is 0 Å². The van der Waals surface area contributed by atoms with Gasteiger partial charge in [-0.05, 0) is 36.0 Å². The highest BCUT2D eigenvalue weighted by atomic mass is 19.1. The molecule has 3 heteroatoms. The fourth-order valence-corrected chi connectivity index (χ4v) is 3.87. The molecule has 2 rings (SSSR count). The van der Waals surface area contributed by atoms with Crippen molar-refractivity contribution in [3.63, 3.8) is 0 Å². The van der Waals surface area contributed by atoms with Gasteiger partial charge < -0.3 is 10.1 Å². The molecule has 0 spiro atoms. The van der Waals surface area contributed by atoms with Crippen molar-refractivity contribution in [3.05, 3.63) is 35.6 Å². The quantitative estimate of drug-likeness (QED) is 0.734. The van der Waals surface area contributed by atoms with E-state index in [2.05, 4.69) is 19.2 Å². The summed E-state index contributed by atoms with van der Waals surface area (Å²) in [5.41, 5.74) is 1.90. The zero-order chi connectivity index (χ0) is 15.3. The van der Waals surface area contributed by atoms with Gasteiger partial charge in [-0.2, -0.15) is 0 Å². The van der Waals surface area contributed by atoms with E-state index >= 15 is 0 Å². The summed E-state index contributed by atoms with van der Waals surface area (Å²) >= 11 is 0. The molecule has 2 nitrogen and oxygen atoms in total. The molecule has 118 valence electrons. The van der Waals surface area contributed by atoms with Crippen molar-refractivity contribution in [2.24, 2.45) is 5.41 Å². The Hall–Kier alpha value is -0.930. The number of hydrogen-bond acceptors (Lipinski definition) is 2. The van der Waals surface area contributed by atoms with Crippen molar-refractivity contribution in [1.82, 2.24) is 5.32 Å². The summed E-state index contributed by atoms with van der Waals surface area (Å²) in [6, 6.07) is 7.10. The van der Waals surface area contributed by atoms with Gasteiger partial charge in [-0.25, -0.2) is 4.39 Å². The zero-order valence-corrected chi connectivity index (χ0v) is 13.5. The van der Waals surface area contributed by atoms with Crippen LogP contribution >= 0.6 is 0 Å². The first-order chi connectivity index (χ1) is 10.1. The first-order valence-electron chi connectivity index (χ1n) is 8.05. The number of rotatable bonds is 8. The Morgan fingerprint density at radius 1 is 1.14 bits per heavy atom. The average molecular weight is 293 g/mol. The maximum absolute atomic E-state index is 13.2. The minimum absolute atomic E-state index is 0.155. The molecule has 0 aromatic heterocycles. The summed E-state index contributed by atoms with van der Waals surface area (Å²) in [5.74, 6) is -0.155. The monoisotopic (exact) mass is 293 g/mol. The molecule has 0 heterocycles. The normalized spacial score (nSPS) is 19.2. The molecular formula is C18H28FNO. The number of benzene rings is 1. The predicted molar refractivity (Wildman–Crippen MR) is 85.1 cm³/mol. The Labute approximate surface area is 128 Å². The fraction of sp³-hybridized carbons (Fsp3) is 0.667. The van der Waals surface area contributed by atoms with Crippen LogP contribution in [0.1, 0.15) is 45.1 Å². The lowest BCUT2D eigenvalue weighted by Gasteiger charge is -2.57. The zero-order valence-electron chi connectivity index (χ0n) is 13.5. The van der Waals surface area contributed by atoms with E-state index in [4.69, 9.17) is 4.74 Å². The van der Waals surface area contributed by atoms with Gasteiger partial charge in [0.05, 0.1) is 6.61 Å². The van der Waals surface area contributed by atoms with Gasteiger partial charge in [0.25, 0.3) is 0 Å². The molecule has 1 aliphatic rings. The summed E-state index contributed by atoms with van der Waals surface area (Å²) < 4.78 is 18.3. The molecule has 1 aliphatic carbocycles. The SMILES string of the molecule is CCC1(CC)CC(CNCCOC)(c2ccc(F)cc2)C1. The molecule has 1 aromatic carbocycles. The lowest BCUT2D eigenvalue weighted by Crippen LogP contribution is -2.54. The molecule has 0 bridgehead atoms. The van der Waals surface area contributed by atoms with Crippen molar-refractivity contribution in [3.8, 4) is 0 Å². The highest BCUT2D eigenvalue weighted by Crippen LogP contribution is 2.58. The highest BCUT2D eigenvalue weighted by Gasteiger charge is 2.52. The predicted octanol–water partition coefficient (Wildman–Crippen LogP) is 3.90. The molecule has 1 aromatic rings. The number of halogens is 1. The van der Waals surface area contributed by atoms with Crippen LogP contribution in [0.2, 0.25) is 0 Å². The van der Waals surface area contributed by atoms with Gasteiger partial charge in [-0.1, -0.05) is 38.8 Å². The van der Waals surface area contributed by atoms with E-state index in [0.717, 1.165) is 19.7 Å². The third-order valence-electron chi connectivity index (χ3n) is 5.33. The largest absolute Gasteiger partial charge is 0.383 e. The van der Waals surface area contributed by atoms with Gasteiger partial charge in [0.15, 0.2) is 0 Å². The standard InChI is InChI=1S/C18H28FNO/c1-4-17(5-2)12-18(13-17,14-20-10-11-21-3)15-6-8-16(19)9-7-15/h6-9,20H,4-5,10-14H2,1-3H3. The molecule has 0 unspecified atom stereocenters. The van der Waals surface area contributed by atoms with Crippen LogP contribution in [-0.2, 0) is 10.2 Å². The minimum Gasteiger partial charge on any atom is -0.383 e. The van der Waals surface area contributed by atoms with Gasteiger partial charge in [-0.3, -0.25) is 0 Å². The minimum atomic E-state index is -0.155. The van der Waals surface area contributed by atoms with Gasteiger partial charge in [0, 0.05) is 25.6 Å². The topological polar surface area (TPSA) is 21.3 Å². The van der Waals surface area contributed by atoms with Gasteiger partial charge in [0.2, 0.25) is 0 Å². The third-order valence-corrected chi connectivity index (χ3v) is 5.33. The van der Waals surface area contributed by atoms with Crippen LogP contribution in [0.3, 0.4) is 0 Å². The van der Waals surface area contributed by atoms with Gasteiger partial charge in [-0.15, -0.1) is 0 Å². The third kappa shape index (κ3) is 3.46. The second-order valence-corrected chi connectivity index (χ2v) is 6.52. The molecule has 0 aliphatic heterocycles. The average Bonchev–Trinajstić information content (AvgIpc) is 2.47. The Bertz CT molecular complexity index is 431. The highest BCUT2D eigenvalue weighted by molar-refractivity contribution is 5.31. The Balaban J connectivity index is 2.10. The Morgan fingerprint density at radius 2 is 1.76 bits per heavy atom. The molecule has 0 amide bonds. The maximum Gasteiger partial charge on any atom is 0.123 e. The van der Waals surface area contributed by atoms with E-state index < -0.39 is 0 Å². The van der Waals surface area contributed by atoms with Crippen LogP contribution in [-0.4, -0.2) is 26.8 Å². The van der Waals surface area contributed by atoms with Crippen molar-refractivity contribution in [2.45, 2.75) is 44.9 Å². The number of ether oxygens (including phenoxy) is 1. The number of nitrogens with one attached hydrogen (secondary N) is 1. The molecular weight excluding hydrogens is 265 g/mol. The second-order valence-electron chi connectivity index (χ2n) is 6.52. The summed E-state index contributed by atoms with van der Waals surface area (Å²) in [6.07, 6.45) is 4.84. The maximum atomic E-state index is 13.2. The van der Waals surface area contributed by atoms with E-state index in [1.165, 1.54) is 31.2 Å². The van der Waals surface area contributed by atoms with E-state index in [0.29, 0.717) is 5.41 Å². The van der Waals surface area contributed by atoms with Crippen molar-refractivity contribution < 1.29 is 9.13 Å². The smallest absolute Gasteiger partial charge is 0.123 e. The van der Waals surface area contributed by atoms with Crippen LogP contribution in [0.15, 0.2) is 24.3 Å². The van der Waals surface area contributed by atoms with Crippen LogP contribution in [0, 0.1) is 11.2 Å². The molecule has 1 saturated carbocycles. The summed E-state index contributed by atoms with van der Waals surface area (Å²) in [5, 5.41) is 3.51. The van der Waals surface area contributed by atoms with E-state index in [-0.39, 0.29) is 11.2 Å². The Kier molecular flexibility index (Phi) is 5.39. The molecule has 0 atom stereocenters. The van der Waals surface area contributed by atoms with Crippen molar-refractivity contribution in [1.29, 1.82) is 0 Å². The summed E-state index contributed by atoms with van der Waals surface area (Å²) in [6.45, 7) is 7.12. The summed E-state index contributed by atoms with van der Waals surface area (Å²) in [7, 11) is 1.72.